The van der Waals surface area contributed by atoms with Gasteiger partial charge in [0.15, 0.2) is 0 Å². The second kappa shape index (κ2) is 9.46. The summed E-state index contributed by atoms with van der Waals surface area (Å²) in [6, 6.07) is 15.5. The van der Waals surface area contributed by atoms with Gasteiger partial charge in [-0.05, 0) is 41.5 Å². The van der Waals surface area contributed by atoms with Gasteiger partial charge in [0.25, 0.3) is 5.91 Å². The summed E-state index contributed by atoms with van der Waals surface area (Å²) < 4.78 is 11.2. The van der Waals surface area contributed by atoms with Gasteiger partial charge >= 0.3 is 12.1 Å². The largest absolute Gasteiger partial charge is 0.480 e. The number of fused-ring (bicyclic) bond motifs is 3. The zero-order valence-electron chi connectivity index (χ0n) is 18.8. The number of carboxylic acids is 1. The topological polar surface area (TPSA) is 105 Å². The first-order valence-corrected chi connectivity index (χ1v) is 11.8. The fraction of sp³-hybridized carbons (Fsp3) is 0.423. The first-order chi connectivity index (χ1) is 16.5. The normalized spacial score (nSPS) is 23.4. The van der Waals surface area contributed by atoms with E-state index in [1.165, 1.54) is 4.90 Å². The number of alkyl carbamates (subject to hydrolysis) is 1. The molecule has 0 spiro atoms. The Morgan fingerprint density at radius 3 is 2.38 bits per heavy atom. The first-order valence-electron chi connectivity index (χ1n) is 11.8. The van der Waals surface area contributed by atoms with Gasteiger partial charge in [-0.1, -0.05) is 48.5 Å². The van der Waals surface area contributed by atoms with E-state index in [0.717, 1.165) is 22.3 Å². The van der Waals surface area contributed by atoms with Gasteiger partial charge in [-0.3, -0.25) is 4.79 Å². The molecule has 2 N–H and O–H groups in total. The van der Waals surface area contributed by atoms with Crippen LogP contribution in [0.15, 0.2) is 48.5 Å². The monoisotopic (exact) mass is 464 g/mol. The minimum Gasteiger partial charge on any atom is -0.480 e. The molecule has 2 amide bonds. The van der Waals surface area contributed by atoms with Gasteiger partial charge in [-0.2, -0.15) is 0 Å². The fourth-order valence-corrected chi connectivity index (χ4v) is 5.43. The number of amides is 2. The third-order valence-electron chi connectivity index (χ3n) is 7.13. The van der Waals surface area contributed by atoms with Crippen LogP contribution in [-0.2, 0) is 19.1 Å². The molecule has 2 fully saturated rings. The van der Waals surface area contributed by atoms with Gasteiger partial charge in [0.2, 0.25) is 0 Å². The van der Waals surface area contributed by atoms with Gasteiger partial charge in [0, 0.05) is 31.5 Å². The van der Waals surface area contributed by atoms with E-state index in [1.54, 1.807) is 0 Å². The summed E-state index contributed by atoms with van der Waals surface area (Å²) in [5, 5.41) is 12.2. The zero-order chi connectivity index (χ0) is 23.7. The van der Waals surface area contributed by atoms with Crippen LogP contribution in [0, 0.1) is 5.92 Å². The Bertz CT molecular complexity index is 1060. The molecule has 0 aromatic heterocycles. The molecule has 2 heterocycles. The predicted molar refractivity (Wildman–Crippen MR) is 123 cm³/mol. The summed E-state index contributed by atoms with van der Waals surface area (Å²) in [6.45, 7) is 1.28. The SMILES string of the molecule is O=C(NC[C@H]1CCO[C@H]1C(=O)N1CCCC1C(=O)O)OCC1c2ccccc2-c2ccccc21. The molecule has 0 saturated carbocycles. The molecule has 8 nitrogen and oxygen atoms in total. The highest BCUT2D eigenvalue weighted by molar-refractivity contribution is 5.87. The van der Waals surface area contributed by atoms with Crippen molar-refractivity contribution >= 4 is 18.0 Å². The van der Waals surface area contributed by atoms with E-state index in [2.05, 4.69) is 29.6 Å². The summed E-state index contributed by atoms with van der Waals surface area (Å²) >= 11 is 0. The Morgan fingerprint density at radius 2 is 1.71 bits per heavy atom. The molecule has 178 valence electrons. The number of carbonyl (C=O) groups excluding carboxylic acids is 2. The molecule has 2 saturated heterocycles. The number of aliphatic carboxylic acids is 1. The number of carbonyl (C=O) groups is 3. The van der Waals surface area contributed by atoms with Gasteiger partial charge in [0.1, 0.15) is 18.8 Å². The lowest BCUT2D eigenvalue weighted by molar-refractivity contribution is -0.153. The zero-order valence-corrected chi connectivity index (χ0v) is 18.8. The third-order valence-corrected chi connectivity index (χ3v) is 7.13. The molecule has 8 heteroatoms. The minimum absolute atomic E-state index is 0.0228. The predicted octanol–water partition coefficient (Wildman–Crippen LogP) is 3.01. The second-order valence-corrected chi connectivity index (χ2v) is 9.07. The van der Waals surface area contributed by atoms with Crippen molar-refractivity contribution < 1.29 is 29.0 Å². The molecular weight excluding hydrogens is 436 g/mol. The van der Waals surface area contributed by atoms with Crippen LogP contribution in [-0.4, -0.2) is 66.4 Å². The highest BCUT2D eigenvalue weighted by Gasteiger charge is 2.42. The standard InChI is InChI=1S/C26H28N2O6/c29-24(28-12-5-10-22(28)25(30)31)23-16(11-13-33-23)14-27-26(32)34-15-21-19-8-3-1-6-17(19)18-7-2-4-9-20(18)21/h1-4,6-9,16,21-23H,5,10-15H2,(H,27,32)(H,30,31)/t16-,22?,23-/m1/s1. The van der Waals surface area contributed by atoms with Crippen molar-refractivity contribution in [2.45, 2.75) is 37.3 Å². The summed E-state index contributed by atoms with van der Waals surface area (Å²) in [5.41, 5.74) is 4.62. The molecule has 0 radical (unpaired) electrons. The lowest BCUT2D eigenvalue weighted by atomic mass is 9.98. The number of benzene rings is 2. The molecule has 3 atom stereocenters. The Kier molecular flexibility index (Phi) is 6.24. The quantitative estimate of drug-likeness (QED) is 0.681. The fourth-order valence-electron chi connectivity index (χ4n) is 5.43. The average molecular weight is 465 g/mol. The highest BCUT2D eigenvalue weighted by Crippen LogP contribution is 2.44. The first kappa shape index (κ1) is 22.4. The van der Waals surface area contributed by atoms with Crippen LogP contribution in [0.5, 0.6) is 0 Å². The van der Waals surface area contributed by atoms with Crippen molar-refractivity contribution in [3.63, 3.8) is 0 Å². The molecule has 1 unspecified atom stereocenters. The van der Waals surface area contributed by atoms with Crippen molar-refractivity contribution in [3.8, 4) is 11.1 Å². The van der Waals surface area contributed by atoms with E-state index in [4.69, 9.17) is 9.47 Å². The molecule has 2 aliphatic heterocycles. The maximum absolute atomic E-state index is 12.9. The van der Waals surface area contributed by atoms with Crippen LogP contribution >= 0.6 is 0 Å². The smallest absolute Gasteiger partial charge is 0.407 e. The summed E-state index contributed by atoms with van der Waals surface area (Å²) in [5.74, 6) is -1.53. The van der Waals surface area contributed by atoms with E-state index >= 15 is 0 Å². The Labute approximate surface area is 197 Å². The maximum Gasteiger partial charge on any atom is 0.407 e. The van der Waals surface area contributed by atoms with Crippen molar-refractivity contribution in [2.24, 2.45) is 5.92 Å². The van der Waals surface area contributed by atoms with Crippen LogP contribution in [0.25, 0.3) is 11.1 Å². The molecule has 5 rings (SSSR count). The number of hydrogen-bond donors (Lipinski definition) is 2. The van der Waals surface area contributed by atoms with E-state index in [-0.39, 0.29) is 30.9 Å². The number of hydrogen-bond acceptors (Lipinski definition) is 5. The van der Waals surface area contributed by atoms with Gasteiger partial charge < -0.3 is 24.8 Å². The number of nitrogens with zero attached hydrogens (tertiary/aromatic N) is 1. The van der Waals surface area contributed by atoms with E-state index < -0.39 is 24.2 Å². The van der Waals surface area contributed by atoms with E-state index in [9.17, 15) is 19.5 Å². The molecule has 0 bridgehead atoms. The molecule has 3 aliphatic rings. The number of rotatable bonds is 6. The molecule has 34 heavy (non-hydrogen) atoms. The number of likely N-dealkylation sites (tertiary alicyclic amines) is 1. The maximum atomic E-state index is 12.9. The Morgan fingerprint density at radius 1 is 1.03 bits per heavy atom. The lowest BCUT2D eigenvalue weighted by Gasteiger charge is -2.27. The summed E-state index contributed by atoms with van der Waals surface area (Å²) in [7, 11) is 0. The van der Waals surface area contributed by atoms with Crippen molar-refractivity contribution in [1.82, 2.24) is 10.2 Å². The molecule has 1 aliphatic carbocycles. The van der Waals surface area contributed by atoms with Crippen molar-refractivity contribution in [3.05, 3.63) is 59.7 Å². The minimum atomic E-state index is -0.989. The van der Waals surface area contributed by atoms with Crippen molar-refractivity contribution in [1.29, 1.82) is 0 Å². The second-order valence-electron chi connectivity index (χ2n) is 9.07. The van der Waals surface area contributed by atoms with Crippen LogP contribution in [0.4, 0.5) is 4.79 Å². The molecule has 2 aromatic rings. The highest BCUT2D eigenvalue weighted by atomic mass is 16.5. The Balaban J connectivity index is 1.17. The number of nitrogens with one attached hydrogen (secondary N) is 1. The van der Waals surface area contributed by atoms with Crippen LogP contribution in [0.2, 0.25) is 0 Å². The van der Waals surface area contributed by atoms with Crippen molar-refractivity contribution in [2.75, 3.05) is 26.3 Å². The van der Waals surface area contributed by atoms with Gasteiger partial charge in [-0.15, -0.1) is 0 Å². The van der Waals surface area contributed by atoms with E-state index in [0.29, 0.717) is 32.4 Å². The molecule has 2 aromatic carbocycles. The van der Waals surface area contributed by atoms with Gasteiger partial charge in [0.05, 0.1) is 0 Å². The lowest BCUT2D eigenvalue weighted by Crippen LogP contribution is -2.48. The summed E-state index contributed by atoms with van der Waals surface area (Å²) in [4.78, 5) is 38.3. The van der Waals surface area contributed by atoms with Crippen LogP contribution < -0.4 is 5.32 Å². The molecular formula is C26H28N2O6. The third kappa shape index (κ3) is 4.14. The Hall–Kier alpha value is -3.39. The number of ether oxygens (including phenoxy) is 2. The van der Waals surface area contributed by atoms with E-state index in [1.807, 2.05) is 24.3 Å². The van der Waals surface area contributed by atoms with Crippen LogP contribution in [0.1, 0.15) is 36.3 Å². The van der Waals surface area contributed by atoms with Crippen LogP contribution in [0.3, 0.4) is 0 Å². The number of carboxylic acid groups (broad SMARTS) is 1. The van der Waals surface area contributed by atoms with Gasteiger partial charge in [-0.25, -0.2) is 9.59 Å². The average Bonchev–Trinajstić information content (AvgIpc) is 3.59. The summed E-state index contributed by atoms with van der Waals surface area (Å²) in [6.07, 6.45) is 0.457.